The van der Waals surface area contributed by atoms with Crippen LogP contribution < -0.4 is 5.32 Å². The Morgan fingerprint density at radius 2 is 2.03 bits per heavy atom. The molecule has 7 heteroatoms. The third-order valence-electron chi connectivity index (χ3n) is 6.17. The van der Waals surface area contributed by atoms with Crippen LogP contribution in [-0.4, -0.2) is 28.5 Å². The highest BCUT2D eigenvalue weighted by Crippen LogP contribution is 2.54. The average Bonchev–Trinajstić information content (AvgIpc) is 3.15. The molecule has 0 radical (unpaired) electrons. The number of fused-ring (bicyclic) bond motifs is 2. The lowest BCUT2D eigenvalue weighted by molar-refractivity contribution is -0.138. The van der Waals surface area contributed by atoms with Crippen LogP contribution in [-0.2, 0) is 16.1 Å². The van der Waals surface area contributed by atoms with Crippen molar-refractivity contribution in [1.82, 2.24) is 10.3 Å². The van der Waals surface area contributed by atoms with E-state index in [0.717, 1.165) is 68.8 Å². The molecule has 2 unspecified atom stereocenters. The maximum atomic E-state index is 14.6. The largest absolute Gasteiger partial charge is 0.306 e. The number of amides is 1. The van der Waals surface area contributed by atoms with Crippen molar-refractivity contribution in [2.24, 2.45) is 5.10 Å². The van der Waals surface area contributed by atoms with Gasteiger partial charge in [-0.1, -0.05) is 42.4 Å². The number of hydrogen-bond acceptors (Lipinski definition) is 4. The van der Waals surface area contributed by atoms with Gasteiger partial charge in [-0.3, -0.25) is 4.79 Å². The molecule has 1 fully saturated rings. The van der Waals surface area contributed by atoms with Crippen molar-refractivity contribution in [2.45, 2.75) is 49.4 Å². The van der Waals surface area contributed by atoms with E-state index in [0.29, 0.717) is 5.04 Å². The number of nitrogens with zero attached hydrogens (tertiary/aromatic N) is 2. The van der Waals surface area contributed by atoms with Gasteiger partial charge in [-0.15, -0.1) is 0 Å². The van der Waals surface area contributed by atoms with E-state index in [1.807, 2.05) is 18.2 Å². The number of piperidine rings is 1. The Bertz CT molecular complexity index is 1020. The molecule has 5 rings (SSSR count). The molecule has 2 aliphatic heterocycles. The lowest BCUT2D eigenvalue weighted by atomic mass is 9.86. The summed E-state index contributed by atoms with van der Waals surface area (Å²) in [6, 6.07) is 11.2. The molecular formula is C23H23F2N3OS. The third-order valence-corrected chi connectivity index (χ3v) is 7.60. The van der Waals surface area contributed by atoms with Gasteiger partial charge in [0.1, 0.15) is 21.5 Å². The van der Waals surface area contributed by atoms with E-state index in [1.165, 1.54) is 17.3 Å². The second-order valence-electron chi connectivity index (χ2n) is 8.08. The number of halogens is 2. The molecule has 1 N–H and O–H groups in total. The molecule has 0 aromatic heterocycles. The highest BCUT2D eigenvalue weighted by molar-refractivity contribution is 8.15. The van der Waals surface area contributed by atoms with Gasteiger partial charge in [0.05, 0.1) is 6.04 Å². The molecule has 0 saturated carbocycles. The number of carbonyl (C=O) groups excluding carboxylic acids is 1. The zero-order chi connectivity index (χ0) is 20.7. The van der Waals surface area contributed by atoms with E-state index < -0.39 is 16.5 Å². The molecule has 0 bridgehead atoms. The van der Waals surface area contributed by atoms with Gasteiger partial charge >= 0.3 is 0 Å². The molecule has 2 heterocycles. The van der Waals surface area contributed by atoms with Gasteiger partial charge in [-0.2, -0.15) is 5.10 Å². The number of rotatable bonds is 2. The number of hydrogen-bond donors (Lipinski definition) is 1. The summed E-state index contributed by atoms with van der Waals surface area (Å²) in [5.74, 6) is -1.15. The number of aryl methyl sites for hydroxylation is 1. The summed E-state index contributed by atoms with van der Waals surface area (Å²) in [4.78, 5) is 12.9. The van der Waals surface area contributed by atoms with Gasteiger partial charge in [0, 0.05) is 5.56 Å². The molecule has 2 aromatic rings. The van der Waals surface area contributed by atoms with Gasteiger partial charge in [-0.25, -0.2) is 13.8 Å². The van der Waals surface area contributed by atoms with E-state index in [1.54, 1.807) is 5.01 Å². The predicted molar refractivity (Wildman–Crippen MR) is 114 cm³/mol. The van der Waals surface area contributed by atoms with Crippen molar-refractivity contribution in [2.75, 3.05) is 6.54 Å². The van der Waals surface area contributed by atoms with Crippen molar-refractivity contribution in [3.63, 3.8) is 0 Å². The van der Waals surface area contributed by atoms with E-state index >= 15 is 0 Å². The van der Waals surface area contributed by atoms with E-state index in [-0.39, 0.29) is 17.5 Å². The molecular weight excluding hydrogens is 404 g/mol. The van der Waals surface area contributed by atoms with Crippen LogP contribution in [0.15, 0.2) is 47.6 Å². The van der Waals surface area contributed by atoms with Crippen LogP contribution in [0.4, 0.5) is 8.78 Å². The Hall–Kier alpha value is -2.25. The minimum absolute atomic E-state index is 0.0919. The van der Waals surface area contributed by atoms with E-state index in [4.69, 9.17) is 0 Å². The summed E-state index contributed by atoms with van der Waals surface area (Å²) >= 11 is 1.37. The van der Waals surface area contributed by atoms with Crippen LogP contribution in [0.5, 0.6) is 0 Å². The molecule has 4 nitrogen and oxygen atoms in total. The molecule has 30 heavy (non-hydrogen) atoms. The lowest BCUT2D eigenvalue weighted by Gasteiger charge is -2.41. The van der Waals surface area contributed by atoms with Gasteiger partial charge < -0.3 is 5.32 Å². The van der Waals surface area contributed by atoms with Gasteiger partial charge in [0.2, 0.25) is 0 Å². The first-order valence-corrected chi connectivity index (χ1v) is 11.3. The molecule has 156 valence electrons. The van der Waals surface area contributed by atoms with E-state index in [2.05, 4.69) is 16.5 Å². The van der Waals surface area contributed by atoms with Crippen molar-refractivity contribution in [1.29, 1.82) is 0 Å². The normalized spacial score (nSPS) is 25.9. The van der Waals surface area contributed by atoms with Crippen molar-refractivity contribution in [3.05, 3.63) is 70.8 Å². The first kappa shape index (κ1) is 19.7. The molecule has 3 aliphatic rings. The first-order chi connectivity index (χ1) is 14.6. The fraction of sp³-hybridized carbons (Fsp3) is 0.391. The van der Waals surface area contributed by atoms with Gasteiger partial charge in [-0.05, 0) is 68.0 Å². The molecule has 1 spiro atoms. The van der Waals surface area contributed by atoms with Crippen LogP contribution >= 0.6 is 11.8 Å². The number of thioether (sulfide) groups is 1. The Morgan fingerprint density at radius 3 is 2.87 bits per heavy atom. The number of carbonyl (C=O) groups is 1. The zero-order valence-corrected chi connectivity index (χ0v) is 17.4. The number of benzene rings is 2. The summed E-state index contributed by atoms with van der Waals surface area (Å²) in [6.45, 7) is 0.802. The average molecular weight is 428 g/mol. The lowest BCUT2D eigenvalue weighted by Crippen LogP contribution is -2.52. The summed E-state index contributed by atoms with van der Waals surface area (Å²) in [7, 11) is 0. The number of hydrazone groups is 1. The Balaban J connectivity index is 1.62. The standard InChI is InChI=1S/C23H23F2N3OS/c24-16-10-11-19(25)17(14-16)21-27-28(22(29)20-9-3-4-13-26-20)23(30-21)12-5-7-15-6-1-2-8-18(15)23/h1-2,6,8,10-11,14,20,26H,3-5,7,9,12-13H2. The van der Waals surface area contributed by atoms with Crippen molar-refractivity contribution >= 4 is 22.7 Å². The van der Waals surface area contributed by atoms with E-state index in [9.17, 15) is 13.6 Å². The van der Waals surface area contributed by atoms with Crippen LogP contribution in [0.2, 0.25) is 0 Å². The third kappa shape index (κ3) is 3.24. The highest BCUT2D eigenvalue weighted by Gasteiger charge is 2.52. The highest BCUT2D eigenvalue weighted by atomic mass is 32.2. The fourth-order valence-electron chi connectivity index (χ4n) is 4.70. The smallest absolute Gasteiger partial charge is 0.261 e. The summed E-state index contributed by atoms with van der Waals surface area (Å²) in [5.41, 5.74) is 2.33. The molecule has 1 saturated heterocycles. The van der Waals surface area contributed by atoms with Crippen LogP contribution in [0.25, 0.3) is 0 Å². The predicted octanol–water partition coefficient (Wildman–Crippen LogP) is 4.53. The van der Waals surface area contributed by atoms with Crippen LogP contribution in [0.1, 0.15) is 48.8 Å². The van der Waals surface area contributed by atoms with Crippen molar-refractivity contribution < 1.29 is 13.6 Å². The minimum atomic E-state index is -0.723. The van der Waals surface area contributed by atoms with Crippen LogP contribution in [0, 0.1) is 11.6 Å². The van der Waals surface area contributed by atoms with Gasteiger partial charge in [0.25, 0.3) is 5.91 Å². The maximum absolute atomic E-state index is 14.6. The SMILES string of the molecule is O=C(C1CCCCN1)N1N=C(c2cc(F)ccc2F)SC12CCCc1ccccc12. The summed E-state index contributed by atoms with van der Waals surface area (Å²) in [6.07, 6.45) is 5.36. The number of nitrogens with one attached hydrogen (secondary N) is 1. The second kappa shape index (κ2) is 7.78. The second-order valence-corrected chi connectivity index (χ2v) is 9.35. The first-order valence-electron chi connectivity index (χ1n) is 10.5. The Kier molecular flexibility index (Phi) is 5.11. The zero-order valence-electron chi connectivity index (χ0n) is 16.5. The van der Waals surface area contributed by atoms with Crippen LogP contribution in [0.3, 0.4) is 0 Å². The summed E-state index contributed by atoms with van der Waals surface area (Å²) < 4.78 is 28.5. The molecule has 2 atom stereocenters. The molecule has 1 aliphatic carbocycles. The quantitative estimate of drug-likeness (QED) is 0.766. The summed E-state index contributed by atoms with van der Waals surface area (Å²) in [5, 5.41) is 9.86. The Morgan fingerprint density at radius 1 is 1.17 bits per heavy atom. The Labute approximate surface area is 178 Å². The fourth-order valence-corrected chi connectivity index (χ4v) is 6.18. The molecule has 1 amide bonds. The topological polar surface area (TPSA) is 44.7 Å². The maximum Gasteiger partial charge on any atom is 0.261 e. The van der Waals surface area contributed by atoms with Crippen molar-refractivity contribution in [3.8, 4) is 0 Å². The minimum Gasteiger partial charge on any atom is -0.306 e. The molecule has 2 aromatic carbocycles. The monoisotopic (exact) mass is 427 g/mol. The van der Waals surface area contributed by atoms with Gasteiger partial charge in [0.15, 0.2) is 0 Å².